The van der Waals surface area contributed by atoms with Crippen LogP contribution < -0.4 is 11.3 Å². The number of pyridine rings is 1. The van der Waals surface area contributed by atoms with E-state index in [0.29, 0.717) is 0 Å². The number of nitrogens with zero attached hydrogens (tertiary/aromatic N) is 4. The molecule has 0 amide bonds. The summed E-state index contributed by atoms with van der Waals surface area (Å²) >= 11 is 0. The SMILES string of the molecule is CCCn1nncc1C(NN)c1cncc(C)c1. The van der Waals surface area contributed by atoms with Crippen LogP contribution in [-0.2, 0) is 6.54 Å². The molecule has 0 aliphatic rings. The molecule has 2 rings (SSSR count). The summed E-state index contributed by atoms with van der Waals surface area (Å²) in [5.41, 5.74) is 5.87. The number of rotatable bonds is 5. The lowest BCUT2D eigenvalue weighted by Gasteiger charge is -2.17. The van der Waals surface area contributed by atoms with Crippen molar-refractivity contribution in [3.05, 3.63) is 41.5 Å². The highest BCUT2D eigenvalue weighted by Crippen LogP contribution is 2.20. The third-order valence-corrected chi connectivity index (χ3v) is 2.77. The number of hydrazine groups is 1. The summed E-state index contributed by atoms with van der Waals surface area (Å²) in [6.45, 7) is 4.93. The van der Waals surface area contributed by atoms with Gasteiger partial charge >= 0.3 is 0 Å². The van der Waals surface area contributed by atoms with Gasteiger partial charge in [0.1, 0.15) is 0 Å². The molecule has 0 fully saturated rings. The van der Waals surface area contributed by atoms with E-state index in [2.05, 4.69) is 33.7 Å². The minimum atomic E-state index is -0.140. The maximum absolute atomic E-state index is 5.66. The van der Waals surface area contributed by atoms with Gasteiger partial charge in [-0.25, -0.2) is 10.1 Å². The van der Waals surface area contributed by atoms with E-state index in [4.69, 9.17) is 5.84 Å². The average Bonchev–Trinajstić information content (AvgIpc) is 2.79. The van der Waals surface area contributed by atoms with Crippen LogP contribution in [0.5, 0.6) is 0 Å². The molecule has 1 atom stereocenters. The van der Waals surface area contributed by atoms with Gasteiger partial charge in [0.05, 0.1) is 17.9 Å². The van der Waals surface area contributed by atoms with Crippen LogP contribution in [0.15, 0.2) is 24.7 Å². The second-order valence-electron chi connectivity index (χ2n) is 4.28. The third-order valence-electron chi connectivity index (χ3n) is 2.77. The lowest BCUT2D eigenvalue weighted by molar-refractivity contribution is 0.511. The lowest BCUT2D eigenvalue weighted by atomic mass is 10.1. The fourth-order valence-corrected chi connectivity index (χ4v) is 1.96. The number of aryl methyl sites for hydroxylation is 2. The van der Waals surface area contributed by atoms with Crippen molar-refractivity contribution >= 4 is 0 Å². The van der Waals surface area contributed by atoms with Gasteiger partial charge in [0, 0.05) is 18.9 Å². The van der Waals surface area contributed by atoms with Crippen molar-refractivity contribution in [2.24, 2.45) is 5.84 Å². The Morgan fingerprint density at radius 2 is 2.22 bits per heavy atom. The maximum Gasteiger partial charge on any atom is 0.0909 e. The second kappa shape index (κ2) is 5.70. The van der Waals surface area contributed by atoms with Crippen molar-refractivity contribution in [3.8, 4) is 0 Å². The number of nitrogens with two attached hydrogens (primary N) is 1. The zero-order valence-electron chi connectivity index (χ0n) is 10.7. The van der Waals surface area contributed by atoms with Gasteiger partial charge in [-0.2, -0.15) is 0 Å². The topological polar surface area (TPSA) is 81.7 Å². The first-order valence-corrected chi connectivity index (χ1v) is 6.02. The van der Waals surface area contributed by atoms with E-state index in [1.807, 2.05) is 17.8 Å². The fraction of sp³-hybridized carbons (Fsp3) is 0.417. The molecule has 0 saturated heterocycles. The Morgan fingerprint density at radius 1 is 1.39 bits per heavy atom. The van der Waals surface area contributed by atoms with Crippen LogP contribution in [0, 0.1) is 6.92 Å². The number of hydrogen-bond donors (Lipinski definition) is 2. The molecule has 2 aromatic heterocycles. The van der Waals surface area contributed by atoms with Crippen molar-refractivity contribution in [1.82, 2.24) is 25.4 Å². The molecular formula is C12H18N6. The highest BCUT2D eigenvalue weighted by atomic mass is 15.4. The summed E-state index contributed by atoms with van der Waals surface area (Å²) in [6, 6.07) is 1.92. The van der Waals surface area contributed by atoms with Crippen LogP contribution in [0.1, 0.15) is 36.2 Å². The Morgan fingerprint density at radius 3 is 2.89 bits per heavy atom. The molecule has 1 unspecified atom stereocenters. The summed E-state index contributed by atoms with van der Waals surface area (Å²) in [7, 11) is 0. The molecule has 0 aliphatic carbocycles. The summed E-state index contributed by atoms with van der Waals surface area (Å²) in [5, 5.41) is 8.03. The molecule has 96 valence electrons. The summed E-state index contributed by atoms with van der Waals surface area (Å²) in [4.78, 5) is 4.19. The lowest BCUT2D eigenvalue weighted by Crippen LogP contribution is -2.31. The molecule has 0 bridgehead atoms. The molecule has 3 N–H and O–H groups in total. The van der Waals surface area contributed by atoms with E-state index in [1.165, 1.54) is 0 Å². The quantitative estimate of drug-likeness (QED) is 0.606. The van der Waals surface area contributed by atoms with E-state index >= 15 is 0 Å². The fourth-order valence-electron chi connectivity index (χ4n) is 1.96. The maximum atomic E-state index is 5.66. The minimum absolute atomic E-state index is 0.140. The van der Waals surface area contributed by atoms with E-state index in [0.717, 1.165) is 29.8 Å². The van der Waals surface area contributed by atoms with E-state index < -0.39 is 0 Å². The first-order valence-electron chi connectivity index (χ1n) is 6.02. The first-order chi connectivity index (χ1) is 8.76. The van der Waals surface area contributed by atoms with Gasteiger partial charge in [0.25, 0.3) is 0 Å². The Balaban J connectivity index is 2.36. The van der Waals surface area contributed by atoms with Gasteiger partial charge in [-0.15, -0.1) is 5.10 Å². The molecule has 2 heterocycles. The molecule has 2 aromatic rings. The van der Waals surface area contributed by atoms with Crippen LogP contribution in [0.4, 0.5) is 0 Å². The zero-order valence-corrected chi connectivity index (χ0v) is 10.7. The van der Waals surface area contributed by atoms with E-state index in [-0.39, 0.29) is 6.04 Å². The Hall–Kier alpha value is -1.79. The van der Waals surface area contributed by atoms with Crippen molar-refractivity contribution in [2.75, 3.05) is 0 Å². The van der Waals surface area contributed by atoms with Crippen molar-refractivity contribution in [2.45, 2.75) is 32.9 Å². The standard InChI is InChI=1S/C12H18N6/c1-3-4-18-11(8-15-17-18)12(16-13)10-5-9(2)6-14-7-10/h5-8,12,16H,3-4,13H2,1-2H3. The Kier molecular flexibility index (Phi) is 4.01. The largest absolute Gasteiger partial charge is 0.271 e. The van der Waals surface area contributed by atoms with Gasteiger partial charge < -0.3 is 0 Å². The summed E-state index contributed by atoms with van der Waals surface area (Å²) < 4.78 is 1.87. The average molecular weight is 246 g/mol. The van der Waals surface area contributed by atoms with Crippen molar-refractivity contribution in [3.63, 3.8) is 0 Å². The summed E-state index contributed by atoms with van der Waals surface area (Å²) in [6.07, 6.45) is 6.36. The first kappa shape index (κ1) is 12.7. The summed E-state index contributed by atoms with van der Waals surface area (Å²) in [5.74, 6) is 5.66. The number of nitrogens with one attached hydrogen (secondary N) is 1. The molecule has 0 radical (unpaired) electrons. The molecule has 0 aliphatic heterocycles. The van der Waals surface area contributed by atoms with Crippen molar-refractivity contribution in [1.29, 1.82) is 0 Å². The number of hydrogen-bond acceptors (Lipinski definition) is 5. The van der Waals surface area contributed by atoms with Crippen LogP contribution in [0.25, 0.3) is 0 Å². The molecular weight excluding hydrogens is 228 g/mol. The van der Waals surface area contributed by atoms with Crippen molar-refractivity contribution < 1.29 is 0 Å². The highest BCUT2D eigenvalue weighted by Gasteiger charge is 2.18. The number of aromatic nitrogens is 4. The Bertz CT molecular complexity index is 507. The van der Waals surface area contributed by atoms with E-state index in [1.54, 1.807) is 12.4 Å². The van der Waals surface area contributed by atoms with Crippen LogP contribution in [0.3, 0.4) is 0 Å². The van der Waals surface area contributed by atoms with Crippen LogP contribution in [0.2, 0.25) is 0 Å². The second-order valence-corrected chi connectivity index (χ2v) is 4.28. The van der Waals surface area contributed by atoms with Gasteiger partial charge in [-0.3, -0.25) is 10.8 Å². The molecule has 0 aromatic carbocycles. The molecule has 18 heavy (non-hydrogen) atoms. The smallest absolute Gasteiger partial charge is 0.0909 e. The normalized spacial score (nSPS) is 12.6. The van der Waals surface area contributed by atoms with Crippen LogP contribution in [-0.4, -0.2) is 20.0 Å². The molecule has 6 nitrogen and oxygen atoms in total. The highest BCUT2D eigenvalue weighted by molar-refractivity contribution is 5.26. The van der Waals surface area contributed by atoms with Gasteiger partial charge in [-0.05, 0) is 24.5 Å². The molecule has 6 heteroatoms. The van der Waals surface area contributed by atoms with E-state index in [9.17, 15) is 0 Å². The molecule has 0 saturated carbocycles. The van der Waals surface area contributed by atoms with Gasteiger partial charge in [0.2, 0.25) is 0 Å². The third kappa shape index (κ3) is 2.55. The minimum Gasteiger partial charge on any atom is -0.271 e. The predicted octanol–water partition coefficient (Wildman–Crippen LogP) is 0.944. The zero-order chi connectivity index (χ0) is 13.0. The van der Waals surface area contributed by atoms with Crippen LogP contribution >= 0.6 is 0 Å². The predicted molar refractivity (Wildman–Crippen MR) is 68.5 cm³/mol. The van der Waals surface area contributed by atoms with Gasteiger partial charge in [0.15, 0.2) is 0 Å². The molecule has 0 spiro atoms. The van der Waals surface area contributed by atoms with Gasteiger partial charge in [-0.1, -0.05) is 18.2 Å². The monoisotopic (exact) mass is 246 g/mol. The Labute approximate surface area is 106 Å².